The molecule has 0 fully saturated rings. The minimum absolute atomic E-state index is 0.391. The lowest BCUT2D eigenvalue weighted by Gasteiger charge is -2.24. The standard InChI is InChI=1S/C27H28N2/c1-20(29(2)22-15-13-21(14-16-22)18-19-28)12-17-27-25-9-5-3-4-8-23(25)24-10-6-7-11-26(24)27/h3-4,6-11,13-16,27H,1,12,17-19,28H2,2H3. The Bertz CT molecular complexity index is 1030. The highest BCUT2D eigenvalue weighted by atomic mass is 15.1. The van der Waals surface area contributed by atoms with Crippen molar-refractivity contribution in [3.8, 4) is 0 Å². The number of anilines is 1. The van der Waals surface area contributed by atoms with E-state index in [1.807, 2.05) is 6.08 Å². The van der Waals surface area contributed by atoms with E-state index in [0.29, 0.717) is 12.5 Å². The quantitative estimate of drug-likeness (QED) is 0.620. The van der Waals surface area contributed by atoms with Gasteiger partial charge in [0.05, 0.1) is 0 Å². The van der Waals surface area contributed by atoms with Gasteiger partial charge in [0, 0.05) is 24.4 Å². The van der Waals surface area contributed by atoms with Gasteiger partial charge in [0.1, 0.15) is 0 Å². The lowest BCUT2D eigenvalue weighted by atomic mass is 9.90. The number of hydrogen-bond acceptors (Lipinski definition) is 2. The molecule has 29 heavy (non-hydrogen) atoms. The lowest BCUT2D eigenvalue weighted by Crippen LogP contribution is -2.16. The summed E-state index contributed by atoms with van der Waals surface area (Å²) in [5.74, 6) is 0.391. The normalized spacial score (nSPS) is 16.6. The van der Waals surface area contributed by atoms with Crippen molar-refractivity contribution < 1.29 is 0 Å². The van der Waals surface area contributed by atoms with Crippen LogP contribution in [0.5, 0.6) is 0 Å². The van der Waals surface area contributed by atoms with Gasteiger partial charge in [-0.2, -0.15) is 0 Å². The van der Waals surface area contributed by atoms with Gasteiger partial charge in [-0.3, -0.25) is 0 Å². The molecule has 2 heteroatoms. The van der Waals surface area contributed by atoms with Crippen LogP contribution in [-0.4, -0.2) is 13.6 Å². The van der Waals surface area contributed by atoms with Gasteiger partial charge in [-0.15, -0.1) is 5.73 Å². The molecule has 1 unspecified atom stereocenters. The number of benzene rings is 2. The zero-order valence-electron chi connectivity index (χ0n) is 17.1. The van der Waals surface area contributed by atoms with Crippen molar-refractivity contribution in [3.05, 3.63) is 113 Å². The van der Waals surface area contributed by atoms with Crippen molar-refractivity contribution in [1.29, 1.82) is 0 Å². The molecule has 0 bridgehead atoms. The molecule has 2 aliphatic rings. The van der Waals surface area contributed by atoms with Gasteiger partial charge < -0.3 is 10.6 Å². The summed E-state index contributed by atoms with van der Waals surface area (Å²) in [6, 6.07) is 17.4. The second-order valence-electron chi connectivity index (χ2n) is 7.71. The Labute approximate surface area is 174 Å². The first kappa shape index (κ1) is 19.3. The molecule has 2 aromatic rings. The maximum atomic E-state index is 5.65. The molecule has 0 radical (unpaired) electrons. The summed E-state index contributed by atoms with van der Waals surface area (Å²) in [6.07, 6.45) is 11.3. The summed E-state index contributed by atoms with van der Waals surface area (Å²) >= 11 is 0. The predicted molar refractivity (Wildman–Crippen MR) is 124 cm³/mol. The van der Waals surface area contributed by atoms with E-state index in [4.69, 9.17) is 5.73 Å². The minimum Gasteiger partial charge on any atom is -0.349 e. The lowest BCUT2D eigenvalue weighted by molar-refractivity contribution is 0.710. The zero-order chi connectivity index (χ0) is 20.2. The van der Waals surface area contributed by atoms with Crippen molar-refractivity contribution in [2.24, 2.45) is 5.73 Å². The van der Waals surface area contributed by atoms with E-state index in [9.17, 15) is 0 Å². The molecule has 0 saturated heterocycles. The molecule has 4 rings (SSSR count). The number of nitrogens with zero attached hydrogens (tertiary/aromatic N) is 1. The van der Waals surface area contributed by atoms with Crippen LogP contribution in [0.3, 0.4) is 0 Å². The average Bonchev–Trinajstić information content (AvgIpc) is 2.89. The molecule has 0 aliphatic heterocycles. The SMILES string of the molecule is C=C(CCC1C2=C(C=CC=C=C2)c2ccccc21)N(C)c1ccc(CCN)cc1. The fourth-order valence-electron chi connectivity index (χ4n) is 4.28. The molecule has 146 valence electrons. The molecule has 1 atom stereocenters. The number of rotatable bonds is 7. The van der Waals surface area contributed by atoms with E-state index >= 15 is 0 Å². The smallest absolute Gasteiger partial charge is 0.0405 e. The van der Waals surface area contributed by atoms with Gasteiger partial charge in [-0.1, -0.05) is 55.1 Å². The van der Waals surface area contributed by atoms with Crippen LogP contribution in [0.2, 0.25) is 0 Å². The van der Waals surface area contributed by atoms with Crippen LogP contribution in [-0.2, 0) is 6.42 Å². The molecule has 2 aromatic carbocycles. The van der Waals surface area contributed by atoms with Crippen molar-refractivity contribution >= 4 is 11.3 Å². The van der Waals surface area contributed by atoms with Gasteiger partial charge >= 0.3 is 0 Å². The first-order chi connectivity index (χ1) is 14.2. The van der Waals surface area contributed by atoms with E-state index in [1.54, 1.807) is 0 Å². The molecule has 0 saturated carbocycles. The summed E-state index contributed by atoms with van der Waals surface area (Å²) < 4.78 is 0. The Morgan fingerprint density at radius 1 is 1.14 bits per heavy atom. The average molecular weight is 381 g/mol. The molecule has 2 N–H and O–H groups in total. The van der Waals surface area contributed by atoms with Gasteiger partial charge in [-0.05, 0) is 77.9 Å². The predicted octanol–water partition coefficient (Wildman–Crippen LogP) is 5.75. The van der Waals surface area contributed by atoms with Gasteiger partial charge in [0.15, 0.2) is 0 Å². The van der Waals surface area contributed by atoms with Crippen LogP contribution in [0.15, 0.2) is 96.4 Å². The molecule has 2 aliphatic carbocycles. The Morgan fingerprint density at radius 3 is 2.72 bits per heavy atom. The number of fused-ring (bicyclic) bond motifs is 2. The maximum absolute atomic E-state index is 5.65. The first-order valence-electron chi connectivity index (χ1n) is 10.3. The minimum atomic E-state index is 0.391. The zero-order valence-corrected chi connectivity index (χ0v) is 17.1. The van der Waals surface area contributed by atoms with Gasteiger partial charge in [0.25, 0.3) is 0 Å². The number of nitrogens with two attached hydrogens (primary N) is 1. The Morgan fingerprint density at radius 2 is 1.93 bits per heavy atom. The fraction of sp³-hybridized carbons (Fsp3) is 0.222. The monoisotopic (exact) mass is 380 g/mol. The fourth-order valence-corrected chi connectivity index (χ4v) is 4.28. The van der Waals surface area contributed by atoms with Crippen molar-refractivity contribution in [2.45, 2.75) is 25.2 Å². The second kappa shape index (κ2) is 8.53. The number of allylic oxidation sites excluding steroid dienone is 6. The molecule has 0 amide bonds. The van der Waals surface area contributed by atoms with E-state index in [-0.39, 0.29) is 0 Å². The Hall–Kier alpha value is -3.06. The molecule has 0 aromatic heterocycles. The first-order valence-corrected chi connectivity index (χ1v) is 10.3. The molecular weight excluding hydrogens is 352 g/mol. The van der Waals surface area contributed by atoms with Crippen LogP contribution < -0.4 is 10.6 Å². The van der Waals surface area contributed by atoms with Crippen LogP contribution in [0, 0.1) is 0 Å². The summed E-state index contributed by atoms with van der Waals surface area (Å²) in [7, 11) is 2.10. The van der Waals surface area contributed by atoms with Crippen molar-refractivity contribution in [2.75, 3.05) is 18.5 Å². The van der Waals surface area contributed by atoms with Crippen molar-refractivity contribution in [3.63, 3.8) is 0 Å². The second-order valence-corrected chi connectivity index (χ2v) is 7.71. The largest absolute Gasteiger partial charge is 0.349 e. The third-order valence-electron chi connectivity index (χ3n) is 5.96. The molecule has 0 heterocycles. The van der Waals surface area contributed by atoms with Crippen LogP contribution in [0.4, 0.5) is 5.69 Å². The summed E-state index contributed by atoms with van der Waals surface area (Å²) in [4.78, 5) is 2.20. The molecule has 0 spiro atoms. The van der Waals surface area contributed by atoms with Crippen LogP contribution in [0.1, 0.15) is 35.4 Å². The summed E-state index contributed by atoms with van der Waals surface area (Å²) in [6.45, 7) is 5.06. The van der Waals surface area contributed by atoms with Crippen LogP contribution in [0.25, 0.3) is 5.57 Å². The third kappa shape index (κ3) is 3.91. The maximum Gasteiger partial charge on any atom is 0.0405 e. The molecular formula is C27H28N2. The van der Waals surface area contributed by atoms with Crippen LogP contribution >= 0.6 is 0 Å². The highest BCUT2D eigenvalue weighted by Crippen LogP contribution is 2.46. The molecule has 2 nitrogen and oxygen atoms in total. The Balaban J connectivity index is 1.49. The Kier molecular flexibility index (Phi) is 5.67. The topological polar surface area (TPSA) is 29.3 Å². The highest BCUT2D eigenvalue weighted by Gasteiger charge is 2.28. The van der Waals surface area contributed by atoms with Gasteiger partial charge in [-0.25, -0.2) is 0 Å². The highest BCUT2D eigenvalue weighted by molar-refractivity contribution is 5.86. The van der Waals surface area contributed by atoms with Gasteiger partial charge in [0.2, 0.25) is 0 Å². The van der Waals surface area contributed by atoms with E-state index < -0.39 is 0 Å². The summed E-state index contributed by atoms with van der Waals surface area (Å²) in [5, 5.41) is 0. The van der Waals surface area contributed by atoms with Crippen molar-refractivity contribution in [1.82, 2.24) is 0 Å². The third-order valence-corrected chi connectivity index (χ3v) is 5.96. The van der Waals surface area contributed by atoms with E-state index in [1.165, 1.54) is 33.5 Å². The van der Waals surface area contributed by atoms with E-state index in [2.05, 4.69) is 91.0 Å². The van der Waals surface area contributed by atoms with E-state index in [0.717, 1.165) is 25.0 Å². The summed E-state index contributed by atoms with van der Waals surface area (Å²) in [5.41, 5.74) is 18.0. The number of hydrogen-bond donors (Lipinski definition) is 1.